The van der Waals surface area contributed by atoms with Gasteiger partial charge < -0.3 is 5.32 Å². The van der Waals surface area contributed by atoms with E-state index in [1.807, 2.05) is 0 Å². The summed E-state index contributed by atoms with van der Waals surface area (Å²) >= 11 is 5.86. The number of carbonyl (C=O) groups excluding carboxylic acids is 1. The van der Waals surface area contributed by atoms with Gasteiger partial charge in [-0.15, -0.1) is 0 Å². The number of hydrogen-bond donors (Lipinski definition) is 1. The van der Waals surface area contributed by atoms with Crippen molar-refractivity contribution < 1.29 is 4.79 Å². The van der Waals surface area contributed by atoms with E-state index in [4.69, 9.17) is 11.6 Å². The van der Waals surface area contributed by atoms with E-state index >= 15 is 0 Å². The summed E-state index contributed by atoms with van der Waals surface area (Å²) in [6.45, 7) is 4.51. The Hall–Kier alpha value is -1.02. The molecule has 1 N–H and O–H groups in total. The third-order valence-electron chi connectivity index (χ3n) is 5.07. The number of halogens is 1. The molecule has 0 saturated heterocycles. The molecule has 0 radical (unpaired) electrons. The van der Waals surface area contributed by atoms with E-state index in [-0.39, 0.29) is 5.91 Å². The van der Waals surface area contributed by atoms with E-state index < -0.39 is 0 Å². The maximum Gasteiger partial charge on any atom is 0.251 e. The van der Waals surface area contributed by atoms with Gasteiger partial charge in [-0.3, -0.25) is 4.79 Å². The van der Waals surface area contributed by atoms with Gasteiger partial charge in [-0.25, -0.2) is 0 Å². The molecule has 20 heavy (non-hydrogen) atoms. The van der Waals surface area contributed by atoms with Crippen LogP contribution >= 0.6 is 11.6 Å². The lowest BCUT2D eigenvalue weighted by molar-refractivity contribution is 0.0927. The fraction of sp³-hybridized carbons (Fsp3) is 0.588. The second-order valence-electron chi connectivity index (χ2n) is 6.48. The van der Waals surface area contributed by atoms with Gasteiger partial charge in [-0.2, -0.15) is 0 Å². The molecule has 0 bridgehead atoms. The van der Waals surface area contributed by atoms with Crippen LogP contribution in [-0.2, 0) is 0 Å². The molecule has 108 valence electrons. The summed E-state index contributed by atoms with van der Waals surface area (Å²) in [5, 5.41) is 3.89. The molecule has 0 aromatic heterocycles. The Balaban J connectivity index is 1.61. The van der Waals surface area contributed by atoms with Crippen molar-refractivity contribution in [1.29, 1.82) is 0 Å². The van der Waals surface area contributed by atoms with Crippen LogP contribution < -0.4 is 5.32 Å². The number of amides is 1. The first-order valence-corrected chi connectivity index (χ1v) is 8.04. The van der Waals surface area contributed by atoms with Gasteiger partial charge in [-0.1, -0.05) is 25.4 Å². The molecule has 0 spiro atoms. The third-order valence-corrected chi connectivity index (χ3v) is 5.33. The van der Waals surface area contributed by atoms with Crippen LogP contribution in [0.25, 0.3) is 0 Å². The number of benzene rings is 1. The molecule has 0 heterocycles. The van der Waals surface area contributed by atoms with E-state index in [2.05, 4.69) is 19.2 Å². The summed E-state index contributed by atoms with van der Waals surface area (Å²) in [7, 11) is 0. The molecule has 1 amide bonds. The molecule has 2 aliphatic carbocycles. The molecule has 3 heteroatoms. The average Bonchev–Trinajstić information content (AvgIpc) is 2.92. The fourth-order valence-corrected chi connectivity index (χ4v) is 4.21. The van der Waals surface area contributed by atoms with Gasteiger partial charge in [0, 0.05) is 16.6 Å². The molecule has 2 fully saturated rings. The minimum Gasteiger partial charge on any atom is -0.349 e. The molecular weight excluding hydrogens is 270 g/mol. The largest absolute Gasteiger partial charge is 0.349 e. The van der Waals surface area contributed by atoms with Crippen LogP contribution in [0.5, 0.6) is 0 Å². The Morgan fingerprint density at radius 3 is 2.45 bits per heavy atom. The normalized spacial score (nSPS) is 32.5. The molecule has 3 rings (SSSR count). The predicted octanol–water partition coefficient (Wildman–Crippen LogP) is 4.14. The number of fused-ring (bicyclic) bond motifs is 1. The smallest absolute Gasteiger partial charge is 0.251 e. The van der Waals surface area contributed by atoms with Crippen LogP contribution in [0.2, 0.25) is 5.02 Å². The SMILES string of the molecule is CC[C@@H](NC(=O)c1ccc(Cl)cc1)C1[C@H]2CC(C)C[C@@H]12. The van der Waals surface area contributed by atoms with Gasteiger partial charge in [0.05, 0.1) is 0 Å². The van der Waals surface area contributed by atoms with Crippen LogP contribution in [0.4, 0.5) is 0 Å². The Kier molecular flexibility index (Phi) is 3.76. The minimum atomic E-state index is 0.0338. The van der Waals surface area contributed by atoms with Crippen molar-refractivity contribution >= 4 is 17.5 Å². The fourth-order valence-electron chi connectivity index (χ4n) is 4.08. The van der Waals surface area contributed by atoms with E-state index in [1.165, 1.54) is 12.8 Å². The molecule has 0 aliphatic heterocycles. The summed E-state index contributed by atoms with van der Waals surface area (Å²) in [6.07, 6.45) is 3.72. The summed E-state index contributed by atoms with van der Waals surface area (Å²) in [5.74, 6) is 3.35. The second-order valence-corrected chi connectivity index (χ2v) is 6.91. The van der Waals surface area contributed by atoms with Gasteiger partial charge in [0.25, 0.3) is 5.91 Å². The van der Waals surface area contributed by atoms with Crippen LogP contribution in [0, 0.1) is 23.7 Å². The molecule has 2 unspecified atom stereocenters. The Bertz CT molecular complexity index is 486. The van der Waals surface area contributed by atoms with Crippen molar-refractivity contribution in [2.75, 3.05) is 0 Å². The van der Waals surface area contributed by atoms with Gasteiger partial charge in [0.15, 0.2) is 0 Å². The standard InChI is InChI=1S/C17H22ClNO/c1-3-15(16-13-8-10(2)9-14(13)16)19-17(20)11-4-6-12(18)7-5-11/h4-7,10,13-16H,3,8-9H2,1-2H3,(H,19,20)/t10?,13-,14+,15-,16?/m1/s1. The van der Waals surface area contributed by atoms with Gasteiger partial charge >= 0.3 is 0 Å². The van der Waals surface area contributed by atoms with Crippen molar-refractivity contribution in [2.45, 2.75) is 39.2 Å². The second kappa shape index (κ2) is 5.40. The van der Waals surface area contributed by atoms with Gasteiger partial charge in [0.2, 0.25) is 0 Å². The number of nitrogens with one attached hydrogen (secondary N) is 1. The number of carbonyl (C=O) groups is 1. The zero-order chi connectivity index (χ0) is 14.3. The van der Waals surface area contributed by atoms with Crippen LogP contribution in [-0.4, -0.2) is 11.9 Å². The highest BCUT2D eigenvalue weighted by Crippen LogP contribution is 2.61. The highest BCUT2D eigenvalue weighted by molar-refractivity contribution is 6.30. The molecule has 1 aromatic rings. The van der Waals surface area contributed by atoms with Crippen molar-refractivity contribution in [3.05, 3.63) is 34.9 Å². The lowest BCUT2D eigenvalue weighted by Crippen LogP contribution is -2.37. The minimum absolute atomic E-state index is 0.0338. The van der Waals surface area contributed by atoms with Crippen molar-refractivity contribution in [3.63, 3.8) is 0 Å². The first-order valence-electron chi connectivity index (χ1n) is 7.66. The summed E-state index contributed by atoms with van der Waals surface area (Å²) < 4.78 is 0. The summed E-state index contributed by atoms with van der Waals surface area (Å²) in [5.41, 5.74) is 0.701. The lowest BCUT2D eigenvalue weighted by atomic mass is 9.96. The molecule has 2 saturated carbocycles. The maximum absolute atomic E-state index is 12.3. The Morgan fingerprint density at radius 2 is 1.90 bits per heavy atom. The lowest BCUT2D eigenvalue weighted by Gasteiger charge is -2.20. The number of rotatable bonds is 4. The Labute approximate surface area is 125 Å². The Morgan fingerprint density at radius 1 is 1.30 bits per heavy atom. The van der Waals surface area contributed by atoms with Gasteiger partial charge in [0.1, 0.15) is 0 Å². The molecule has 2 aliphatic rings. The van der Waals surface area contributed by atoms with Crippen LogP contribution in [0.15, 0.2) is 24.3 Å². The zero-order valence-corrected chi connectivity index (χ0v) is 12.9. The first kappa shape index (κ1) is 13.9. The summed E-state index contributed by atoms with van der Waals surface area (Å²) in [6, 6.07) is 7.46. The topological polar surface area (TPSA) is 29.1 Å². The highest BCUT2D eigenvalue weighted by Gasteiger charge is 2.57. The van der Waals surface area contributed by atoms with Crippen LogP contribution in [0.1, 0.15) is 43.5 Å². The van der Waals surface area contributed by atoms with Gasteiger partial charge in [-0.05, 0) is 67.2 Å². The number of hydrogen-bond acceptors (Lipinski definition) is 1. The third kappa shape index (κ3) is 2.58. The summed E-state index contributed by atoms with van der Waals surface area (Å²) in [4.78, 5) is 12.3. The van der Waals surface area contributed by atoms with E-state index in [0.717, 1.165) is 24.2 Å². The quantitative estimate of drug-likeness (QED) is 0.887. The average molecular weight is 292 g/mol. The molecule has 2 nitrogen and oxygen atoms in total. The highest BCUT2D eigenvalue weighted by atomic mass is 35.5. The van der Waals surface area contributed by atoms with Crippen molar-refractivity contribution in [2.24, 2.45) is 23.7 Å². The van der Waals surface area contributed by atoms with Crippen molar-refractivity contribution in [1.82, 2.24) is 5.32 Å². The van der Waals surface area contributed by atoms with E-state index in [9.17, 15) is 4.79 Å². The first-order chi connectivity index (χ1) is 9.60. The predicted molar refractivity (Wildman–Crippen MR) is 81.9 cm³/mol. The maximum atomic E-state index is 12.3. The van der Waals surface area contributed by atoms with E-state index in [0.29, 0.717) is 22.5 Å². The molecule has 5 atom stereocenters. The van der Waals surface area contributed by atoms with Crippen LogP contribution in [0.3, 0.4) is 0 Å². The molecule has 1 aromatic carbocycles. The zero-order valence-electron chi connectivity index (χ0n) is 12.1. The molecular formula is C17H22ClNO. The monoisotopic (exact) mass is 291 g/mol. The van der Waals surface area contributed by atoms with Crippen molar-refractivity contribution in [3.8, 4) is 0 Å². The van der Waals surface area contributed by atoms with E-state index in [1.54, 1.807) is 24.3 Å².